The summed E-state index contributed by atoms with van der Waals surface area (Å²) in [5, 5.41) is 20.1. The number of ether oxygens (including phenoxy) is 4. The van der Waals surface area contributed by atoms with Crippen LogP contribution >= 0.6 is 0 Å². The molecule has 0 atom stereocenters. The lowest BCUT2D eigenvalue weighted by atomic mass is 9.97. The first kappa shape index (κ1) is 35.1. The van der Waals surface area contributed by atoms with Gasteiger partial charge in [0.1, 0.15) is 59.6 Å². The summed E-state index contributed by atoms with van der Waals surface area (Å²) in [6, 6.07) is 34.4. The SMILES string of the molecule is CCOc1nc(-c2ccc(F)cc2)c(-c2ccccc2OCCOc2ccccc2-c2cc(-c3ccc(F)cc3)nc(OCC)c2C#N)cc1C#N. The molecule has 0 N–H and O–H groups in total. The minimum atomic E-state index is -0.384. The van der Waals surface area contributed by atoms with Gasteiger partial charge in [0, 0.05) is 33.4 Å². The Morgan fingerprint density at radius 1 is 0.558 bits per heavy atom. The maximum Gasteiger partial charge on any atom is 0.232 e. The van der Waals surface area contributed by atoms with Crippen LogP contribution < -0.4 is 18.9 Å². The minimum absolute atomic E-state index is 0.136. The number of para-hydroxylation sites is 2. The first-order valence-corrected chi connectivity index (χ1v) is 16.6. The molecule has 0 fully saturated rings. The van der Waals surface area contributed by atoms with Gasteiger partial charge in [-0.2, -0.15) is 10.5 Å². The molecule has 0 aliphatic heterocycles. The molecule has 0 bridgehead atoms. The number of hydrogen-bond acceptors (Lipinski definition) is 8. The summed E-state index contributed by atoms with van der Waals surface area (Å²) >= 11 is 0. The summed E-state index contributed by atoms with van der Waals surface area (Å²) < 4.78 is 51.5. The van der Waals surface area contributed by atoms with Gasteiger partial charge in [0.25, 0.3) is 0 Å². The Labute approximate surface area is 300 Å². The summed E-state index contributed by atoms with van der Waals surface area (Å²) in [6.45, 7) is 4.49. The predicted octanol–water partition coefficient (Wildman–Crippen LogP) is 9.42. The van der Waals surface area contributed by atoms with Crippen LogP contribution in [0.2, 0.25) is 0 Å². The normalized spacial score (nSPS) is 10.6. The maximum absolute atomic E-state index is 13.9. The highest BCUT2D eigenvalue weighted by Gasteiger charge is 2.21. The van der Waals surface area contributed by atoms with Gasteiger partial charge in [-0.05, 0) is 86.6 Å². The van der Waals surface area contributed by atoms with E-state index >= 15 is 0 Å². The summed E-state index contributed by atoms with van der Waals surface area (Å²) in [6.07, 6.45) is 0. The van der Waals surface area contributed by atoms with Crippen LogP contribution in [-0.4, -0.2) is 36.4 Å². The molecule has 8 nitrogen and oxygen atoms in total. The number of pyridine rings is 2. The van der Waals surface area contributed by atoms with Crippen molar-refractivity contribution in [2.75, 3.05) is 26.4 Å². The number of benzene rings is 4. The lowest BCUT2D eigenvalue weighted by molar-refractivity contribution is 0.218. The topological polar surface area (TPSA) is 110 Å². The second-order valence-corrected chi connectivity index (χ2v) is 11.3. The second-order valence-electron chi connectivity index (χ2n) is 11.3. The summed E-state index contributed by atoms with van der Waals surface area (Å²) in [5.74, 6) is 0.615. The molecule has 2 heterocycles. The van der Waals surface area contributed by atoms with Crippen molar-refractivity contribution >= 4 is 0 Å². The monoisotopic (exact) mass is 694 g/mol. The molecule has 0 radical (unpaired) electrons. The molecule has 6 aromatic rings. The van der Waals surface area contributed by atoms with Gasteiger partial charge in [-0.15, -0.1) is 0 Å². The quantitative estimate of drug-likeness (QED) is 0.110. The molecule has 0 spiro atoms. The molecule has 0 saturated carbocycles. The van der Waals surface area contributed by atoms with Crippen LogP contribution in [0.25, 0.3) is 44.8 Å². The van der Waals surface area contributed by atoms with E-state index in [1.54, 1.807) is 56.3 Å². The average Bonchev–Trinajstić information content (AvgIpc) is 3.17. The number of rotatable bonds is 13. The number of hydrogen-bond donors (Lipinski definition) is 0. The van der Waals surface area contributed by atoms with Gasteiger partial charge in [0.05, 0.1) is 24.6 Å². The highest BCUT2D eigenvalue weighted by atomic mass is 19.1. The molecule has 0 aliphatic rings. The molecular weight excluding hydrogens is 662 g/mol. The Morgan fingerprint density at radius 3 is 1.65 bits per heavy atom. The van der Waals surface area contributed by atoms with Crippen molar-refractivity contribution in [2.24, 2.45) is 0 Å². The lowest BCUT2D eigenvalue weighted by Gasteiger charge is -2.18. The zero-order chi connectivity index (χ0) is 36.5. The third kappa shape index (κ3) is 7.67. The van der Waals surface area contributed by atoms with Crippen LogP contribution in [0.1, 0.15) is 25.0 Å². The van der Waals surface area contributed by atoms with Crippen molar-refractivity contribution in [2.45, 2.75) is 13.8 Å². The van der Waals surface area contributed by atoms with Crippen LogP contribution in [-0.2, 0) is 0 Å². The molecule has 2 aromatic heterocycles. The van der Waals surface area contributed by atoms with Crippen LogP contribution in [0.3, 0.4) is 0 Å². The van der Waals surface area contributed by atoms with Gasteiger partial charge in [0.2, 0.25) is 11.8 Å². The fourth-order valence-corrected chi connectivity index (χ4v) is 5.64. The third-order valence-electron chi connectivity index (χ3n) is 7.98. The van der Waals surface area contributed by atoms with Gasteiger partial charge < -0.3 is 18.9 Å². The molecule has 4 aromatic carbocycles. The molecule has 0 unspecified atom stereocenters. The van der Waals surface area contributed by atoms with Gasteiger partial charge in [-0.3, -0.25) is 0 Å². The minimum Gasteiger partial charge on any atom is -0.489 e. The standard InChI is InChI=1S/C42H32F2N4O4/c1-3-49-41-29(25-45)23-35(40(48-41)28-15-19-31(44)20-16-28)33-10-6-8-12-39(33)52-22-21-51-38-11-7-5-9-32(38)34-24-37(27-13-17-30(43)18-14-27)47-42(50-4-2)36(34)26-46/h5-20,23-24H,3-4,21-22H2,1-2H3. The van der Waals surface area contributed by atoms with E-state index in [4.69, 9.17) is 18.9 Å². The Bertz CT molecular complexity index is 2280. The third-order valence-corrected chi connectivity index (χ3v) is 7.98. The van der Waals surface area contributed by atoms with Crippen molar-refractivity contribution in [3.8, 4) is 80.2 Å². The summed E-state index contributed by atoms with van der Waals surface area (Å²) in [4.78, 5) is 9.26. The van der Waals surface area contributed by atoms with Gasteiger partial charge in [0.15, 0.2) is 0 Å². The van der Waals surface area contributed by atoms with E-state index in [0.29, 0.717) is 69.5 Å². The zero-order valence-electron chi connectivity index (χ0n) is 28.4. The van der Waals surface area contributed by atoms with Gasteiger partial charge in [-0.1, -0.05) is 36.4 Å². The van der Waals surface area contributed by atoms with E-state index in [1.807, 2.05) is 42.5 Å². The number of nitriles is 2. The van der Waals surface area contributed by atoms with Crippen molar-refractivity contribution in [3.05, 3.63) is 132 Å². The molecular formula is C42H32F2N4O4. The largest absolute Gasteiger partial charge is 0.489 e. The molecule has 52 heavy (non-hydrogen) atoms. The molecule has 0 aliphatic carbocycles. The van der Waals surface area contributed by atoms with E-state index < -0.39 is 0 Å². The first-order chi connectivity index (χ1) is 25.4. The maximum atomic E-state index is 13.9. The van der Waals surface area contributed by atoms with E-state index in [0.717, 1.165) is 0 Å². The van der Waals surface area contributed by atoms with Crippen molar-refractivity contribution in [1.29, 1.82) is 10.5 Å². The zero-order valence-corrected chi connectivity index (χ0v) is 28.4. The molecule has 0 saturated heterocycles. The van der Waals surface area contributed by atoms with E-state index in [-0.39, 0.29) is 47.7 Å². The van der Waals surface area contributed by atoms with Crippen LogP contribution in [0.5, 0.6) is 23.3 Å². The van der Waals surface area contributed by atoms with E-state index in [2.05, 4.69) is 22.1 Å². The highest BCUT2D eigenvalue weighted by Crippen LogP contribution is 2.40. The smallest absolute Gasteiger partial charge is 0.232 e. The number of halogens is 2. The Kier molecular flexibility index (Phi) is 11.0. The van der Waals surface area contributed by atoms with E-state index in [9.17, 15) is 19.3 Å². The van der Waals surface area contributed by atoms with Crippen molar-refractivity contribution in [3.63, 3.8) is 0 Å². The molecule has 258 valence electrons. The Morgan fingerprint density at radius 2 is 1.10 bits per heavy atom. The summed E-state index contributed by atoms with van der Waals surface area (Å²) in [5.41, 5.74) is 5.26. The lowest BCUT2D eigenvalue weighted by Crippen LogP contribution is -2.10. The Balaban J connectivity index is 1.29. The average molecular weight is 695 g/mol. The van der Waals surface area contributed by atoms with Crippen LogP contribution in [0, 0.1) is 34.3 Å². The van der Waals surface area contributed by atoms with Gasteiger partial charge >= 0.3 is 0 Å². The van der Waals surface area contributed by atoms with Crippen LogP contribution in [0.15, 0.2) is 109 Å². The Hall–Kier alpha value is -6.78. The first-order valence-electron chi connectivity index (χ1n) is 16.6. The van der Waals surface area contributed by atoms with Gasteiger partial charge in [-0.25, -0.2) is 18.7 Å². The predicted molar refractivity (Wildman–Crippen MR) is 193 cm³/mol. The number of nitrogens with zero attached hydrogens (tertiary/aromatic N) is 4. The number of aromatic nitrogens is 2. The summed E-state index contributed by atoms with van der Waals surface area (Å²) in [7, 11) is 0. The fraction of sp³-hybridized carbons (Fsp3) is 0.143. The van der Waals surface area contributed by atoms with Crippen molar-refractivity contribution in [1.82, 2.24) is 9.97 Å². The molecule has 6 rings (SSSR count). The molecule has 10 heteroatoms. The van der Waals surface area contributed by atoms with Crippen LogP contribution in [0.4, 0.5) is 8.78 Å². The highest BCUT2D eigenvalue weighted by molar-refractivity contribution is 5.85. The van der Waals surface area contributed by atoms with E-state index in [1.165, 1.54) is 24.3 Å². The molecule has 0 amide bonds. The van der Waals surface area contributed by atoms with Crippen molar-refractivity contribution < 1.29 is 27.7 Å². The fourth-order valence-electron chi connectivity index (χ4n) is 5.64. The second kappa shape index (κ2) is 16.3.